The Morgan fingerprint density at radius 2 is 2.15 bits per heavy atom. The molecule has 0 heterocycles. The highest BCUT2D eigenvalue weighted by Gasteiger charge is 2.19. The lowest BCUT2D eigenvalue weighted by atomic mass is 10.1. The second-order valence-electron chi connectivity index (χ2n) is 4.37. The molecule has 8 heteroatoms. The fraction of sp³-hybridized carbons (Fsp3) is 0.417. The molecule has 6 nitrogen and oxygen atoms in total. The predicted molar refractivity (Wildman–Crippen MR) is 76.3 cm³/mol. The number of benzene rings is 1. The van der Waals surface area contributed by atoms with E-state index in [-0.39, 0.29) is 33.8 Å². The van der Waals surface area contributed by atoms with Crippen LogP contribution in [0.5, 0.6) is 0 Å². The maximum absolute atomic E-state index is 12.0. The molecule has 1 rings (SSSR count). The number of non-ortho nitro benzene ring substituents is 1. The molecule has 0 aliphatic rings. The first kappa shape index (κ1) is 16.7. The van der Waals surface area contributed by atoms with Crippen LogP contribution in [0.2, 0.25) is 10.0 Å². The van der Waals surface area contributed by atoms with Crippen molar-refractivity contribution in [3.63, 3.8) is 0 Å². The molecular formula is C12H14Cl2N2O4. The van der Waals surface area contributed by atoms with Crippen LogP contribution in [-0.4, -0.2) is 29.1 Å². The van der Waals surface area contributed by atoms with Gasteiger partial charge in [-0.3, -0.25) is 14.9 Å². The number of hydrogen-bond acceptors (Lipinski definition) is 4. The number of nitro groups is 1. The van der Waals surface area contributed by atoms with Gasteiger partial charge in [-0.15, -0.1) is 0 Å². The van der Waals surface area contributed by atoms with Gasteiger partial charge in [-0.2, -0.15) is 0 Å². The first-order valence-electron chi connectivity index (χ1n) is 5.89. The van der Waals surface area contributed by atoms with Gasteiger partial charge in [0.15, 0.2) is 0 Å². The Bertz CT molecular complexity index is 522. The van der Waals surface area contributed by atoms with E-state index in [0.717, 1.165) is 12.1 Å². The lowest BCUT2D eigenvalue weighted by Gasteiger charge is -2.12. The van der Waals surface area contributed by atoms with Crippen LogP contribution < -0.4 is 5.32 Å². The van der Waals surface area contributed by atoms with Crippen molar-refractivity contribution in [3.05, 3.63) is 37.9 Å². The van der Waals surface area contributed by atoms with Crippen LogP contribution in [0, 0.1) is 16.0 Å². The zero-order valence-corrected chi connectivity index (χ0v) is 12.2. The molecular weight excluding hydrogens is 307 g/mol. The highest BCUT2D eigenvalue weighted by molar-refractivity contribution is 6.44. The van der Waals surface area contributed by atoms with Crippen LogP contribution in [0.4, 0.5) is 5.69 Å². The Labute approximate surface area is 125 Å². The molecule has 110 valence electrons. The Hall–Kier alpha value is -1.37. The van der Waals surface area contributed by atoms with E-state index in [1.807, 2.05) is 6.92 Å². The molecule has 0 saturated carbocycles. The second kappa shape index (κ2) is 7.42. The zero-order valence-electron chi connectivity index (χ0n) is 10.7. The van der Waals surface area contributed by atoms with Gasteiger partial charge < -0.3 is 10.4 Å². The van der Waals surface area contributed by atoms with E-state index in [9.17, 15) is 14.9 Å². The molecule has 0 aliphatic heterocycles. The van der Waals surface area contributed by atoms with Gasteiger partial charge in [-0.05, 0) is 12.3 Å². The van der Waals surface area contributed by atoms with Crippen molar-refractivity contribution >= 4 is 34.8 Å². The summed E-state index contributed by atoms with van der Waals surface area (Å²) < 4.78 is 0. The minimum Gasteiger partial charge on any atom is -0.396 e. The molecule has 0 aromatic heterocycles. The fourth-order valence-electron chi connectivity index (χ4n) is 1.53. The first-order valence-corrected chi connectivity index (χ1v) is 6.65. The molecule has 0 spiro atoms. The third-order valence-corrected chi connectivity index (χ3v) is 3.50. The zero-order chi connectivity index (χ0) is 15.3. The van der Waals surface area contributed by atoms with Crippen LogP contribution in [0.25, 0.3) is 0 Å². The predicted octanol–water partition coefficient (Wildman–Crippen LogP) is 2.65. The molecule has 0 saturated heterocycles. The quantitative estimate of drug-likeness (QED) is 0.622. The number of aliphatic hydroxyl groups is 1. The Kier molecular flexibility index (Phi) is 6.19. The van der Waals surface area contributed by atoms with Crippen molar-refractivity contribution in [2.24, 2.45) is 5.92 Å². The number of nitrogens with zero attached hydrogens (tertiary/aromatic N) is 1. The molecule has 0 bridgehead atoms. The van der Waals surface area contributed by atoms with Crippen molar-refractivity contribution in [3.8, 4) is 0 Å². The van der Waals surface area contributed by atoms with Gasteiger partial charge >= 0.3 is 0 Å². The van der Waals surface area contributed by atoms with E-state index in [4.69, 9.17) is 28.3 Å². The summed E-state index contributed by atoms with van der Waals surface area (Å²) in [7, 11) is 0. The van der Waals surface area contributed by atoms with Crippen molar-refractivity contribution in [1.29, 1.82) is 0 Å². The molecule has 1 unspecified atom stereocenters. The maximum Gasteiger partial charge on any atom is 0.271 e. The average Bonchev–Trinajstić information content (AvgIpc) is 2.39. The summed E-state index contributed by atoms with van der Waals surface area (Å²) in [5, 5.41) is 22.0. The number of amides is 1. The number of nitrogens with one attached hydrogen (secondary N) is 1. The van der Waals surface area contributed by atoms with Crippen molar-refractivity contribution in [1.82, 2.24) is 5.32 Å². The number of nitro benzene ring substituents is 1. The van der Waals surface area contributed by atoms with Crippen molar-refractivity contribution in [2.75, 3.05) is 13.2 Å². The number of carbonyl (C=O) groups is 1. The number of halogens is 2. The number of rotatable bonds is 6. The summed E-state index contributed by atoms with van der Waals surface area (Å²) in [6.45, 7) is 2.22. The summed E-state index contributed by atoms with van der Waals surface area (Å²) in [5.41, 5.74) is -0.338. The van der Waals surface area contributed by atoms with Gasteiger partial charge in [-0.25, -0.2) is 0 Å². The number of aliphatic hydroxyl groups excluding tert-OH is 1. The third kappa shape index (κ3) is 4.33. The van der Waals surface area contributed by atoms with E-state index < -0.39 is 10.8 Å². The maximum atomic E-state index is 12.0. The highest BCUT2D eigenvalue weighted by Crippen LogP contribution is 2.30. The fourth-order valence-corrected chi connectivity index (χ4v) is 1.94. The van der Waals surface area contributed by atoms with Crippen LogP contribution in [0.1, 0.15) is 23.7 Å². The summed E-state index contributed by atoms with van der Waals surface area (Å²) >= 11 is 11.7. The van der Waals surface area contributed by atoms with Crippen LogP contribution in [-0.2, 0) is 0 Å². The molecule has 0 radical (unpaired) electrons. The Morgan fingerprint density at radius 3 is 2.70 bits per heavy atom. The molecule has 1 aromatic rings. The van der Waals surface area contributed by atoms with E-state index in [0.29, 0.717) is 13.0 Å². The van der Waals surface area contributed by atoms with Crippen LogP contribution in [0.3, 0.4) is 0 Å². The molecule has 1 aromatic carbocycles. The van der Waals surface area contributed by atoms with Gasteiger partial charge in [0, 0.05) is 25.3 Å². The molecule has 2 N–H and O–H groups in total. The van der Waals surface area contributed by atoms with Gasteiger partial charge in [0.2, 0.25) is 0 Å². The lowest BCUT2D eigenvalue weighted by Crippen LogP contribution is -2.29. The van der Waals surface area contributed by atoms with Gasteiger partial charge in [0.1, 0.15) is 0 Å². The summed E-state index contributed by atoms with van der Waals surface area (Å²) in [4.78, 5) is 22.1. The average molecular weight is 321 g/mol. The van der Waals surface area contributed by atoms with E-state index in [2.05, 4.69) is 5.32 Å². The van der Waals surface area contributed by atoms with E-state index >= 15 is 0 Å². The van der Waals surface area contributed by atoms with Gasteiger partial charge in [0.05, 0.1) is 20.5 Å². The van der Waals surface area contributed by atoms with Gasteiger partial charge in [-0.1, -0.05) is 30.1 Å². The molecule has 1 amide bonds. The van der Waals surface area contributed by atoms with E-state index in [1.54, 1.807) is 0 Å². The van der Waals surface area contributed by atoms with E-state index in [1.165, 1.54) is 0 Å². The standard InChI is InChI=1S/C12H14Cl2N2O4/c1-7(2-3-17)6-15-12(18)9-4-8(16(19)20)5-10(13)11(9)14/h4-5,7,17H,2-3,6H2,1H3,(H,15,18). The normalized spacial score (nSPS) is 12.0. The summed E-state index contributed by atoms with van der Waals surface area (Å²) in [5.74, 6) is -0.456. The smallest absolute Gasteiger partial charge is 0.271 e. The first-order chi connectivity index (χ1) is 9.36. The van der Waals surface area contributed by atoms with Crippen LogP contribution in [0.15, 0.2) is 12.1 Å². The molecule has 1 atom stereocenters. The number of hydrogen-bond donors (Lipinski definition) is 2. The van der Waals surface area contributed by atoms with Crippen LogP contribution >= 0.6 is 23.2 Å². The minimum absolute atomic E-state index is 0.0235. The summed E-state index contributed by atoms with van der Waals surface area (Å²) in [6, 6.07) is 2.18. The molecule has 0 fully saturated rings. The number of carbonyl (C=O) groups excluding carboxylic acids is 1. The Morgan fingerprint density at radius 1 is 1.50 bits per heavy atom. The monoisotopic (exact) mass is 320 g/mol. The van der Waals surface area contributed by atoms with Crippen molar-refractivity contribution < 1.29 is 14.8 Å². The largest absolute Gasteiger partial charge is 0.396 e. The Balaban J connectivity index is 2.89. The van der Waals surface area contributed by atoms with Crippen molar-refractivity contribution in [2.45, 2.75) is 13.3 Å². The summed E-state index contributed by atoms with van der Waals surface area (Å²) in [6.07, 6.45) is 0.545. The molecule has 20 heavy (non-hydrogen) atoms. The highest BCUT2D eigenvalue weighted by atomic mass is 35.5. The second-order valence-corrected chi connectivity index (χ2v) is 5.16. The molecule has 0 aliphatic carbocycles. The lowest BCUT2D eigenvalue weighted by molar-refractivity contribution is -0.384. The SMILES string of the molecule is CC(CCO)CNC(=O)c1cc([N+](=O)[O-])cc(Cl)c1Cl. The third-order valence-electron chi connectivity index (χ3n) is 2.70. The van der Waals surface area contributed by atoms with Gasteiger partial charge in [0.25, 0.3) is 11.6 Å². The topological polar surface area (TPSA) is 92.5 Å². The minimum atomic E-state index is -0.645.